The van der Waals surface area contributed by atoms with Crippen LogP contribution in [0, 0.1) is 23.3 Å². The van der Waals surface area contributed by atoms with Gasteiger partial charge in [-0.25, -0.2) is 65.5 Å². The molecule has 8 aliphatic rings. The number of ether oxygens (including phenoxy) is 4. The van der Waals surface area contributed by atoms with Crippen molar-refractivity contribution in [3.8, 4) is 0 Å². The zero-order valence-corrected chi connectivity index (χ0v) is 77.3. The zero-order chi connectivity index (χ0) is 94.8. The fourth-order valence-electron chi connectivity index (χ4n) is 15.2. The average Bonchev–Trinajstić information content (AvgIpc) is 1.07. The van der Waals surface area contributed by atoms with Crippen LogP contribution in [-0.4, -0.2) is 269 Å². The van der Waals surface area contributed by atoms with Crippen molar-refractivity contribution in [3.05, 3.63) is 249 Å². The van der Waals surface area contributed by atoms with Gasteiger partial charge in [-0.2, -0.15) is 0 Å². The normalized spacial score (nSPS) is 22.9. The summed E-state index contributed by atoms with van der Waals surface area (Å²) in [7, 11) is 0. The molecule has 0 bridgehead atoms. The third-order valence-electron chi connectivity index (χ3n) is 21.2. The fraction of sp³-hybridized carbons (Fsp3) is 0.333. The third kappa shape index (κ3) is 22.2. The maximum absolute atomic E-state index is 13.9. The highest BCUT2D eigenvalue weighted by Gasteiger charge is 2.51. The number of esters is 4. The minimum atomic E-state index is -1.52. The quantitative estimate of drug-likeness (QED) is 0.0124. The van der Waals surface area contributed by atoms with E-state index in [2.05, 4.69) is 88.0 Å². The van der Waals surface area contributed by atoms with Crippen LogP contribution in [0.5, 0.6) is 0 Å². The number of carbonyl (C=O) groups is 8. The van der Waals surface area contributed by atoms with E-state index >= 15 is 0 Å². The van der Waals surface area contributed by atoms with Crippen LogP contribution in [0.4, 0.5) is 26.3 Å². The Morgan fingerprint density at radius 2 is 0.636 bits per heavy atom. The van der Waals surface area contributed by atoms with Crippen LogP contribution >= 0.6 is 100 Å². The van der Waals surface area contributed by atoms with Gasteiger partial charge in [0.05, 0.1) is 60.9 Å². The second-order valence-electron chi connectivity index (χ2n) is 29.5. The summed E-state index contributed by atoms with van der Waals surface area (Å²) >= 11 is 24.6. The van der Waals surface area contributed by atoms with Gasteiger partial charge < -0.3 is 70.9 Å². The Hall–Kier alpha value is -11.1. The van der Waals surface area contributed by atoms with E-state index in [-0.39, 0.29) is 117 Å². The minimum Gasteiger partial charge on any atom is -0.480 e. The van der Waals surface area contributed by atoms with E-state index in [1.54, 1.807) is 74.0 Å². The SMILES string of the molecule is CCOC(=O)C1=C(CN2CC(F)C2C(=O)O)NC(c2nccs2)=N[C@H]1c1ccc(F)cc1Br.CCOC(=O)C1=C(CN2CC(F)C2C(=O)O)NC(c2nccs2)=N[C@H]1c1ccc(F)cc1Cl.CCOC(=O)C1=C(CN2CC(O)C2C(=O)O)NC(c2nccs2)=N[C@H]1c1ccc(F)cc1Br.CCOC(=O)C1=C(CN2CC(O)C2C(=O)O)NC(c2nccs2)=N[C@H]1c1ccc(F)cc1Cl. The van der Waals surface area contributed by atoms with Crippen molar-refractivity contribution in [3.63, 3.8) is 0 Å². The number of aromatic nitrogens is 4. The number of aliphatic hydroxyl groups excluding tert-OH is 2. The second kappa shape index (κ2) is 43.7. The third-order valence-corrected chi connectivity index (χ3v) is 26.3. The van der Waals surface area contributed by atoms with Gasteiger partial charge in [-0.3, -0.25) is 58.7 Å². The first-order chi connectivity index (χ1) is 63.2. The summed E-state index contributed by atoms with van der Waals surface area (Å²) in [6.07, 6.45) is 1.33. The molecule has 0 radical (unpaired) electrons. The number of benzene rings is 4. The van der Waals surface area contributed by atoms with Crippen molar-refractivity contribution < 1.29 is 114 Å². The number of nitrogens with one attached hydrogen (secondary N) is 4. The number of thiazole rings is 4. The van der Waals surface area contributed by atoms with Gasteiger partial charge in [0.2, 0.25) is 0 Å². The van der Waals surface area contributed by atoms with Crippen molar-refractivity contribution >= 4 is 172 Å². The van der Waals surface area contributed by atoms with Gasteiger partial charge in [0.25, 0.3) is 0 Å². The number of aliphatic carboxylic acids is 4. The first kappa shape index (κ1) is 98.4. The molecule has 4 fully saturated rings. The van der Waals surface area contributed by atoms with Gasteiger partial charge in [0, 0.05) is 152 Å². The summed E-state index contributed by atoms with van der Waals surface area (Å²) in [5.41, 5.74) is 3.64. The predicted molar refractivity (Wildman–Crippen MR) is 478 cm³/mol. The average molecular weight is 2070 g/mol. The number of carbonyl (C=O) groups excluding carboxylic acids is 4. The summed E-state index contributed by atoms with van der Waals surface area (Å²) in [6.45, 7) is 6.99. The van der Waals surface area contributed by atoms with Crippen LogP contribution in [-0.2, 0) is 57.3 Å². The van der Waals surface area contributed by atoms with Crippen molar-refractivity contribution in [2.75, 3.05) is 78.8 Å². The smallest absolute Gasteiger partial charge is 0.338 e. The van der Waals surface area contributed by atoms with Crippen molar-refractivity contribution in [2.24, 2.45) is 20.0 Å². The molecule has 16 rings (SSSR count). The van der Waals surface area contributed by atoms with Gasteiger partial charge >= 0.3 is 47.8 Å². The summed E-state index contributed by atoms with van der Waals surface area (Å²) in [5.74, 6) is -8.15. The molecule has 8 aromatic rings. The molecule has 132 heavy (non-hydrogen) atoms. The highest BCUT2D eigenvalue weighted by atomic mass is 79.9. The standard InChI is InChI=1S/C21H19BrF2N4O4S.C21H20BrFN4O5S.C21H19ClF2N4O4S.C21H20ClFN4O5S/c1-2-32-21(31)15-14(9-28-8-13(24)17(28)20(29)30)26-18(19-25-5-6-33-19)27-16(15)11-4-3-10(23)7-12(11)22;1-2-32-21(31)15-13(8-27-9-14(28)17(27)20(29)30)25-18(19-24-5-6-33-19)26-16(15)11-4-3-10(23)7-12(11)22;1-2-32-21(31)15-14(9-28-8-13(24)17(28)20(29)30)26-18(19-25-5-6-33-19)27-16(15)11-4-3-10(23)7-12(11)22;1-2-32-21(31)15-13(8-27-9-14(28)17(27)20(29)30)25-18(19-24-5-6-33-19)26-16(15)11-4-3-10(23)7-12(11)22/h3-7,13,16-17H,2,8-9H2,1H3,(H,26,27)(H,29,30);3-7,14,16-17,28H,2,8-9H2,1H3,(H,25,26)(H,29,30);3-7,13,16-17H,2,8-9H2,1H3,(H,26,27)(H,29,30);3-7,14,16-17,28H,2,8-9H2,1H3,(H,25,26)(H,29,30)/t13?,16-,17?;14?,16-,17?;13?,16-,17?;14?,16-,17?/m0000/s1. The molecule has 0 aliphatic carbocycles. The van der Waals surface area contributed by atoms with Gasteiger partial charge in [0.1, 0.15) is 83.9 Å². The van der Waals surface area contributed by atoms with Crippen LogP contribution in [0.2, 0.25) is 10.0 Å². The number of carboxylic acid groups (broad SMARTS) is 4. The number of carboxylic acids is 4. The predicted octanol–water partition coefficient (Wildman–Crippen LogP) is 10.1. The molecular formula is C84H78Br2Cl2F6N16O18S4. The molecule has 8 unspecified atom stereocenters. The summed E-state index contributed by atoms with van der Waals surface area (Å²) < 4.78 is 105. The largest absolute Gasteiger partial charge is 0.480 e. The first-order valence-electron chi connectivity index (χ1n) is 40.1. The number of hydrogen-bond donors (Lipinski definition) is 10. The van der Waals surface area contributed by atoms with E-state index in [0.29, 0.717) is 91.7 Å². The molecule has 8 aliphatic heterocycles. The van der Waals surface area contributed by atoms with E-state index in [0.717, 1.165) is 12.1 Å². The van der Waals surface area contributed by atoms with Gasteiger partial charge in [-0.1, -0.05) is 79.3 Å². The molecule has 12 atom stereocenters. The van der Waals surface area contributed by atoms with E-state index in [4.69, 9.17) is 47.1 Å². The zero-order valence-electron chi connectivity index (χ0n) is 69.3. The van der Waals surface area contributed by atoms with E-state index in [1.807, 2.05) is 0 Å². The molecule has 0 amide bonds. The number of likely N-dealkylation sites (tertiary alicyclic amines) is 4. The number of halogens is 10. The number of rotatable bonds is 28. The van der Waals surface area contributed by atoms with Crippen LogP contribution in [0.1, 0.15) is 94.1 Å². The van der Waals surface area contributed by atoms with Crippen LogP contribution < -0.4 is 21.3 Å². The maximum Gasteiger partial charge on any atom is 0.338 e. The number of hydrogen-bond acceptors (Lipinski definition) is 34. The Morgan fingerprint density at radius 1 is 0.394 bits per heavy atom. The lowest BCUT2D eigenvalue weighted by atomic mass is 9.93. The van der Waals surface area contributed by atoms with Crippen LogP contribution in [0.3, 0.4) is 0 Å². The number of nitrogens with zero attached hydrogens (tertiary/aromatic N) is 12. The molecule has 12 heterocycles. The summed E-state index contributed by atoms with van der Waals surface area (Å²) in [6, 6.07) is 7.13. The van der Waals surface area contributed by atoms with Crippen molar-refractivity contribution in [1.29, 1.82) is 0 Å². The molecule has 696 valence electrons. The Bertz CT molecular complexity index is 5280. The van der Waals surface area contributed by atoms with Gasteiger partial charge in [-0.15, -0.1) is 45.3 Å². The topological polar surface area (TPSA) is 457 Å². The Balaban J connectivity index is 0.000000150. The molecule has 4 saturated heterocycles. The summed E-state index contributed by atoms with van der Waals surface area (Å²) in [5, 5.41) is 79.1. The van der Waals surface area contributed by atoms with E-state index in [1.165, 1.54) is 126 Å². The molecule has 4 aromatic heterocycles. The molecule has 0 saturated carbocycles. The highest BCUT2D eigenvalue weighted by molar-refractivity contribution is 9.10. The fourth-order valence-corrected chi connectivity index (χ4v) is 19.2. The highest BCUT2D eigenvalue weighted by Crippen LogP contribution is 2.44. The monoisotopic (exact) mass is 2070 g/mol. The molecule has 48 heteroatoms. The Kier molecular flexibility index (Phi) is 32.6. The number of alkyl halides is 2. The molecule has 0 spiro atoms. The van der Waals surface area contributed by atoms with Crippen LogP contribution in [0.25, 0.3) is 0 Å². The molecule has 10 N–H and O–H groups in total. The van der Waals surface area contributed by atoms with Crippen molar-refractivity contribution in [1.82, 2.24) is 60.8 Å². The van der Waals surface area contributed by atoms with Gasteiger partial charge in [0.15, 0.2) is 43.4 Å². The first-order valence-corrected chi connectivity index (χ1v) is 46.0. The molecule has 34 nitrogen and oxygen atoms in total. The van der Waals surface area contributed by atoms with E-state index in [9.17, 15) is 95.3 Å². The van der Waals surface area contributed by atoms with E-state index < -0.39 is 144 Å². The summed E-state index contributed by atoms with van der Waals surface area (Å²) in [4.78, 5) is 140. The van der Waals surface area contributed by atoms with Gasteiger partial charge in [-0.05, 0) is 87.4 Å². The minimum absolute atomic E-state index is 0.00187. The lowest BCUT2D eigenvalue weighted by Gasteiger charge is -2.43. The number of amidine groups is 4. The van der Waals surface area contributed by atoms with Crippen LogP contribution in [0.15, 0.2) is 193 Å². The van der Waals surface area contributed by atoms with Crippen molar-refractivity contribution in [2.45, 2.75) is 101 Å². The second-order valence-corrected chi connectivity index (χ2v) is 35.6. The lowest BCUT2D eigenvalue weighted by Crippen LogP contribution is -2.64. The lowest BCUT2D eigenvalue weighted by molar-refractivity contribution is -0.160. The molecular weight excluding hydrogens is 1990 g/mol. The Labute approximate surface area is 789 Å². The maximum atomic E-state index is 13.9. The number of β-amino-alcohol motifs (C(OH)–C–C–N with tert-alkyl or cyclic N) is 2. The number of aliphatic imine (C=N–C) groups is 4. The molecule has 4 aromatic carbocycles. The number of aliphatic hydroxyl groups is 2. The Morgan fingerprint density at radius 3 is 0.848 bits per heavy atom.